The minimum atomic E-state index is -0.586. The molecule has 0 radical (unpaired) electrons. The molecule has 0 saturated carbocycles. The number of amides is 1. The molecule has 0 aliphatic carbocycles. The molecule has 5 rings (SSSR count). The first-order chi connectivity index (χ1) is 16.2. The Morgan fingerprint density at radius 3 is 2.58 bits per heavy atom. The van der Waals surface area contributed by atoms with Gasteiger partial charge in [-0.15, -0.1) is 0 Å². The SMILES string of the molecule is O=CN1CCC(CO)(c2nccnc2Oc2ccc(Nc3nc4ccccc4s3)cc2)CC1. The van der Waals surface area contributed by atoms with Crippen molar-refractivity contribution in [2.45, 2.75) is 18.3 Å². The second-order valence-electron chi connectivity index (χ2n) is 8.03. The van der Waals surface area contributed by atoms with Crippen molar-refractivity contribution in [3.05, 3.63) is 66.6 Å². The second-order valence-corrected chi connectivity index (χ2v) is 9.06. The number of carbonyl (C=O) groups is 1. The lowest BCUT2D eigenvalue weighted by molar-refractivity contribution is -0.119. The monoisotopic (exact) mass is 461 g/mol. The van der Waals surface area contributed by atoms with E-state index in [0.717, 1.165) is 27.4 Å². The molecule has 1 saturated heterocycles. The lowest BCUT2D eigenvalue weighted by Crippen LogP contribution is -2.45. The number of aromatic nitrogens is 3. The van der Waals surface area contributed by atoms with Crippen molar-refractivity contribution in [3.8, 4) is 11.6 Å². The number of fused-ring (bicyclic) bond motifs is 1. The largest absolute Gasteiger partial charge is 0.437 e. The Hall–Kier alpha value is -3.56. The number of aliphatic hydroxyl groups excluding tert-OH is 1. The van der Waals surface area contributed by atoms with Crippen LogP contribution in [0.4, 0.5) is 10.8 Å². The van der Waals surface area contributed by atoms with Gasteiger partial charge < -0.3 is 20.1 Å². The molecule has 8 nitrogen and oxygen atoms in total. The third-order valence-electron chi connectivity index (χ3n) is 5.99. The summed E-state index contributed by atoms with van der Waals surface area (Å²) in [5.41, 5.74) is 1.90. The highest BCUT2D eigenvalue weighted by Gasteiger charge is 2.39. The van der Waals surface area contributed by atoms with Crippen LogP contribution in [0.1, 0.15) is 18.5 Å². The highest BCUT2D eigenvalue weighted by atomic mass is 32.1. The Kier molecular flexibility index (Phi) is 5.89. The molecule has 0 unspecified atom stereocenters. The van der Waals surface area contributed by atoms with Gasteiger partial charge in [-0.2, -0.15) is 0 Å². The van der Waals surface area contributed by atoms with Crippen LogP contribution in [-0.4, -0.2) is 51.1 Å². The Morgan fingerprint density at radius 2 is 1.85 bits per heavy atom. The average Bonchev–Trinajstić information content (AvgIpc) is 3.28. The molecular weight excluding hydrogens is 438 g/mol. The summed E-state index contributed by atoms with van der Waals surface area (Å²) in [7, 11) is 0. The smallest absolute Gasteiger partial charge is 0.241 e. The number of ether oxygens (including phenoxy) is 1. The molecular formula is C24H23N5O3S. The van der Waals surface area contributed by atoms with Crippen LogP contribution < -0.4 is 10.1 Å². The number of hydrogen-bond acceptors (Lipinski definition) is 8. The number of piperidine rings is 1. The van der Waals surface area contributed by atoms with Crippen LogP contribution in [0.15, 0.2) is 60.9 Å². The van der Waals surface area contributed by atoms with Crippen molar-refractivity contribution in [2.75, 3.05) is 25.0 Å². The number of nitrogens with one attached hydrogen (secondary N) is 1. The van der Waals surface area contributed by atoms with E-state index in [2.05, 4.69) is 26.3 Å². The first-order valence-electron chi connectivity index (χ1n) is 10.7. The molecule has 0 bridgehead atoms. The number of aliphatic hydroxyl groups is 1. The lowest BCUT2D eigenvalue weighted by Gasteiger charge is -2.39. The van der Waals surface area contributed by atoms with Crippen LogP contribution in [0.5, 0.6) is 11.6 Å². The molecule has 9 heteroatoms. The summed E-state index contributed by atoms with van der Waals surface area (Å²) in [5, 5.41) is 14.4. The Bertz CT molecular complexity index is 1220. The van der Waals surface area contributed by atoms with E-state index in [-0.39, 0.29) is 6.61 Å². The van der Waals surface area contributed by atoms with Gasteiger partial charge in [0.2, 0.25) is 12.3 Å². The van der Waals surface area contributed by atoms with E-state index in [1.54, 1.807) is 28.6 Å². The Labute approximate surface area is 194 Å². The van der Waals surface area contributed by atoms with Crippen LogP contribution in [0, 0.1) is 0 Å². The van der Waals surface area contributed by atoms with Crippen molar-refractivity contribution in [1.82, 2.24) is 19.9 Å². The molecule has 2 N–H and O–H groups in total. The van der Waals surface area contributed by atoms with Gasteiger partial charge in [0.1, 0.15) is 11.4 Å². The normalized spacial score (nSPS) is 15.4. The summed E-state index contributed by atoms with van der Waals surface area (Å²) in [6.07, 6.45) is 5.23. The van der Waals surface area contributed by atoms with E-state index in [1.807, 2.05) is 42.5 Å². The average molecular weight is 462 g/mol. The molecule has 0 atom stereocenters. The summed E-state index contributed by atoms with van der Waals surface area (Å²) in [6.45, 7) is 1.04. The molecule has 1 amide bonds. The van der Waals surface area contributed by atoms with Gasteiger partial charge in [0, 0.05) is 36.6 Å². The van der Waals surface area contributed by atoms with E-state index in [4.69, 9.17) is 4.74 Å². The van der Waals surface area contributed by atoms with Gasteiger partial charge in [-0.05, 0) is 49.2 Å². The molecule has 1 aliphatic heterocycles. The molecule has 4 aromatic rings. The lowest BCUT2D eigenvalue weighted by atomic mass is 9.76. The van der Waals surface area contributed by atoms with Crippen LogP contribution in [0.3, 0.4) is 0 Å². The van der Waals surface area contributed by atoms with Gasteiger partial charge in [-0.1, -0.05) is 23.5 Å². The maximum atomic E-state index is 11.1. The van der Waals surface area contributed by atoms with Crippen molar-refractivity contribution < 1.29 is 14.6 Å². The molecule has 2 aromatic carbocycles. The molecule has 3 heterocycles. The first kappa shape index (κ1) is 21.3. The van der Waals surface area contributed by atoms with Crippen molar-refractivity contribution in [1.29, 1.82) is 0 Å². The number of para-hydroxylation sites is 1. The van der Waals surface area contributed by atoms with Crippen LogP contribution >= 0.6 is 11.3 Å². The fourth-order valence-electron chi connectivity index (χ4n) is 4.06. The van der Waals surface area contributed by atoms with Gasteiger partial charge in [0.15, 0.2) is 5.13 Å². The van der Waals surface area contributed by atoms with Crippen molar-refractivity contribution >= 4 is 38.8 Å². The molecule has 1 aliphatic rings. The number of benzene rings is 2. The number of thiazole rings is 1. The minimum absolute atomic E-state index is 0.0836. The zero-order valence-corrected chi connectivity index (χ0v) is 18.7. The maximum absolute atomic E-state index is 11.1. The maximum Gasteiger partial charge on any atom is 0.241 e. The number of anilines is 2. The number of carbonyl (C=O) groups excluding carboxylic acids is 1. The summed E-state index contributed by atoms with van der Waals surface area (Å²) < 4.78 is 7.22. The molecule has 1 fully saturated rings. The van der Waals surface area contributed by atoms with Gasteiger partial charge in [-0.25, -0.2) is 9.97 Å². The van der Waals surface area contributed by atoms with Crippen LogP contribution in [-0.2, 0) is 10.2 Å². The number of nitrogens with zero attached hydrogens (tertiary/aromatic N) is 4. The number of hydrogen-bond donors (Lipinski definition) is 2. The van der Waals surface area contributed by atoms with Gasteiger partial charge >= 0.3 is 0 Å². The van der Waals surface area contributed by atoms with E-state index in [1.165, 1.54) is 0 Å². The highest BCUT2D eigenvalue weighted by molar-refractivity contribution is 7.22. The first-order valence-corrected chi connectivity index (χ1v) is 11.5. The van der Waals surface area contributed by atoms with Crippen molar-refractivity contribution in [3.63, 3.8) is 0 Å². The van der Waals surface area contributed by atoms with Gasteiger partial charge in [0.25, 0.3) is 0 Å². The third kappa shape index (κ3) is 4.37. The fraction of sp³-hybridized carbons (Fsp3) is 0.250. The van der Waals surface area contributed by atoms with Gasteiger partial charge in [-0.3, -0.25) is 9.78 Å². The topological polar surface area (TPSA) is 100 Å². The predicted molar refractivity (Wildman–Crippen MR) is 127 cm³/mol. The summed E-state index contributed by atoms with van der Waals surface area (Å²) >= 11 is 1.60. The fourth-order valence-corrected chi connectivity index (χ4v) is 4.94. The second kappa shape index (κ2) is 9.13. The zero-order valence-electron chi connectivity index (χ0n) is 17.8. The summed E-state index contributed by atoms with van der Waals surface area (Å²) in [5.74, 6) is 0.989. The Morgan fingerprint density at radius 1 is 1.09 bits per heavy atom. The van der Waals surface area contributed by atoms with Crippen LogP contribution in [0.2, 0.25) is 0 Å². The standard InChI is InChI=1S/C24H23N5O3S/c30-15-24(9-13-29(16-31)14-10-24)21-22(26-12-11-25-21)32-18-7-5-17(6-8-18)27-23-28-19-3-1-2-4-20(19)33-23/h1-8,11-12,16,30H,9-10,13-15H2,(H,27,28). The molecule has 2 aromatic heterocycles. The number of rotatable bonds is 7. The molecule has 33 heavy (non-hydrogen) atoms. The molecule has 0 spiro atoms. The molecule has 168 valence electrons. The van der Waals surface area contributed by atoms with E-state index >= 15 is 0 Å². The Balaban J connectivity index is 1.33. The minimum Gasteiger partial charge on any atom is -0.437 e. The summed E-state index contributed by atoms with van der Waals surface area (Å²) in [4.78, 5) is 26.3. The highest BCUT2D eigenvalue weighted by Crippen LogP contribution is 2.39. The van der Waals surface area contributed by atoms with E-state index in [9.17, 15) is 9.90 Å². The number of likely N-dealkylation sites (tertiary alicyclic amines) is 1. The quantitative estimate of drug-likeness (QED) is 0.400. The summed E-state index contributed by atoms with van der Waals surface area (Å²) in [6, 6.07) is 15.6. The van der Waals surface area contributed by atoms with Gasteiger partial charge in [0.05, 0.1) is 16.8 Å². The predicted octanol–water partition coefficient (Wildman–Crippen LogP) is 4.10. The van der Waals surface area contributed by atoms with E-state index in [0.29, 0.717) is 43.3 Å². The zero-order chi connectivity index (χ0) is 22.7. The third-order valence-corrected chi connectivity index (χ3v) is 6.94. The van der Waals surface area contributed by atoms with Crippen molar-refractivity contribution in [2.24, 2.45) is 0 Å². The van der Waals surface area contributed by atoms with Crippen LogP contribution in [0.25, 0.3) is 10.2 Å². The van der Waals surface area contributed by atoms with E-state index < -0.39 is 5.41 Å².